The van der Waals surface area contributed by atoms with E-state index >= 15 is 0 Å². The van der Waals surface area contributed by atoms with Crippen molar-refractivity contribution in [2.75, 3.05) is 43.6 Å². The topological polar surface area (TPSA) is 83.7 Å². The molecule has 0 saturated carbocycles. The van der Waals surface area contributed by atoms with E-state index in [1.54, 1.807) is 18.0 Å². The fourth-order valence-corrected chi connectivity index (χ4v) is 2.90. The fraction of sp³-hybridized carbons (Fsp3) is 0.462. The fourth-order valence-electron chi connectivity index (χ4n) is 2.24. The summed E-state index contributed by atoms with van der Waals surface area (Å²) in [7, 11) is -1.49. The highest BCUT2D eigenvalue weighted by atomic mass is 32.2. The van der Waals surface area contributed by atoms with Gasteiger partial charge in [-0.3, -0.25) is 4.79 Å². The third-order valence-corrected chi connectivity index (χ3v) is 4.55. The molecule has 2 N–H and O–H groups in total. The van der Waals surface area contributed by atoms with Gasteiger partial charge in [-0.15, -0.1) is 0 Å². The molecule has 0 atom stereocenters. The lowest BCUT2D eigenvalue weighted by atomic mass is 10.2. The Kier molecular flexibility index (Phi) is 3.89. The van der Waals surface area contributed by atoms with Crippen LogP contribution in [0.4, 0.5) is 11.4 Å². The number of amides is 1. The second-order valence-corrected chi connectivity index (χ2v) is 7.10. The third kappa shape index (κ3) is 3.04. The molecule has 0 bridgehead atoms. The van der Waals surface area contributed by atoms with Gasteiger partial charge in [0, 0.05) is 26.4 Å². The highest BCUT2D eigenvalue weighted by molar-refractivity contribution is 7.90. The largest absolute Gasteiger partial charge is 0.397 e. The van der Waals surface area contributed by atoms with E-state index in [4.69, 9.17) is 5.73 Å². The second-order valence-electron chi connectivity index (χ2n) is 5.08. The Bertz CT molecular complexity index is 628. The summed E-state index contributed by atoms with van der Waals surface area (Å²) in [6.45, 7) is 1.70. The maximum Gasteiger partial charge on any atom is 0.241 e. The molecule has 7 heteroatoms. The number of benzene rings is 1. The molecule has 1 saturated heterocycles. The standard InChI is InChI=1S/C13H19N3O3S/c1-15-6-3-7-16(9-13(15)17)12-5-4-10(8-11(12)14)20(2,18)19/h4-5,8H,3,6-7,9,14H2,1-2H3. The molecule has 1 aromatic rings. The van der Waals surface area contributed by atoms with E-state index in [1.165, 1.54) is 12.1 Å². The van der Waals surface area contributed by atoms with Crippen molar-refractivity contribution >= 4 is 27.1 Å². The average Bonchev–Trinajstić information content (AvgIpc) is 2.51. The first-order valence-corrected chi connectivity index (χ1v) is 8.26. The molecule has 0 radical (unpaired) electrons. The molecule has 1 aliphatic heterocycles. The summed E-state index contributed by atoms with van der Waals surface area (Å²) in [6.07, 6.45) is 2.00. The van der Waals surface area contributed by atoms with E-state index < -0.39 is 9.84 Å². The summed E-state index contributed by atoms with van der Waals surface area (Å²) in [4.78, 5) is 15.7. The van der Waals surface area contributed by atoms with Crippen molar-refractivity contribution in [1.29, 1.82) is 0 Å². The molecule has 2 rings (SSSR count). The molecule has 0 aliphatic carbocycles. The monoisotopic (exact) mass is 297 g/mol. The van der Waals surface area contributed by atoms with Crippen LogP contribution >= 0.6 is 0 Å². The minimum atomic E-state index is -3.27. The summed E-state index contributed by atoms with van der Waals surface area (Å²) < 4.78 is 23.0. The van der Waals surface area contributed by atoms with Crippen molar-refractivity contribution in [3.05, 3.63) is 18.2 Å². The van der Waals surface area contributed by atoms with Crippen molar-refractivity contribution in [2.45, 2.75) is 11.3 Å². The molecule has 20 heavy (non-hydrogen) atoms. The van der Waals surface area contributed by atoms with Crippen LogP contribution in [-0.2, 0) is 14.6 Å². The highest BCUT2D eigenvalue weighted by Gasteiger charge is 2.21. The molecule has 1 amide bonds. The van der Waals surface area contributed by atoms with Crippen LogP contribution in [0.1, 0.15) is 6.42 Å². The summed E-state index contributed by atoms with van der Waals surface area (Å²) in [5.74, 6) is 0.0362. The van der Waals surface area contributed by atoms with Gasteiger partial charge in [0.2, 0.25) is 5.91 Å². The van der Waals surface area contributed by atoms with Gasteiger partial charge >= 0.3 is 0 Å². The lowest BCUT2D eigenvalue weighted by Crippen LogP contribution is -2.34. The van der Waals surface area contributed by atoms with Gasteiger partial charge in [-0.2, -0.15) is 0 Å². The van der Waals surface area contributed by atoms with Crippen LogP contribution in [0.5, 0.6) is 0 Å². The smallest absolute Gasteiger partial charge is 0.241 e. The number of carbonyl (C=O) groups excluding carboxylic acids is 1. The van der Waals surface area contributed by atoms with E-state index in [0.29, 0.717) is 11.4 Å². The van der Waals surface area contributed by atoms with Crippen molar-refractivity contribution in [3.8, 4) is 0 Å². The summed E-state index contributed by atoms with van der Waals surface area (Å²) in [5.41, 5.74) is 7.04. The van der Waals surface area contributed by atoms with Crippen LogP contribution in [0.3, 0.4) is 0 Å². The van der Waals surface area contributed by atoms with Gasteiger partial charge in [0.15, 0.2) is 9.84 Å². The lowest BCUT2D eigenvalue weighted by Gasteiger charge is -2.23. The maximum absolute atomic E-state index is 11.9. The predicted molar refractivity (Wildman–Crippen MR) is 78.4 cm³/mol. The first kappa shape index (κ1) is 14.6. The zero-order valence-corrected chi connectivity index (χ0v) is 12.5. The van der Waals surface area contributed by atoms with Crippen molar-refractivity contribution < 1.29 is 13.2 Å². The van der Waals surface area contributed by atoms with E-state index in [0.717, 1.165) is 25.8 Å². The minimum absolute atomic E-state index is 0.0362. The zero-order valence-electron chi connectivity index (χ0n) is 11.7. The van der Waals surface area contributed by atoms with Crippen LogP contribution in [0.2, 0.25) is 0 Å². The number of anilines is 2. The van der Waals surface area contributed by atoms with Crippen molar-refractivity contribution in [1.82, 2.24) is 4.90 Å². The van der Waals surface area contributed by atoms with Gasteiger partial charge in [-0.1, -0.05) is 0 Å². The predicted octanol–water partition coefficient (Wildman–Crippen LogP) is 0.341. The molecule has 110 valence electrons. The molecule has 0 spiro atoms. The van der Waals surface area contributed by atoms with Crippen molar-refractivity contribution in [3.63, 3.8) is 0 Å². The molecule has 0 aromatic heterocycles. The Morgan fingerprint density at radius 3 is 2.55 bits per heavy atom. The number of sulfone groups is 1. The molecule has 1 aliphatic rings. The Morgan fingerprint density at radius 1 is 1.25 bits per heavy atom. The average molecular weight is 297 g/mol. The number of hydrogen-bond donors (Lipinski definition) is 1. The van der Waals surface area contributed by atoms with Crippen LogP contribution < -0.4 is 10.6 Å². The number of nitrogens with two attached hydrogens (primary N) is 1. The molecule has 1 aromatic carbocycles. The minimum Gasteiger partial charge on any atom is -0.397 e. The number of nitrogen functional groups attached to an aromatic ring is 1. The van der Waals surface area contributed by atoms with Gasteiger partial charge in [0.1, 0.15) is 0 Å². The molecular formula is C13H19N3O3S. The number of rotatable bonds is 2. The second kappa shape index (κ2) is 5.32. The number of hydrogen-bond acceptors (Lipinski definition) is 5. The normalized spacial score (nSPS) is 17.2. The van der Waals surface area contributed by atoms with E-state index in [9.17, 15) is 13.2 Å². The summed E-state index contributed by atoms with van der Waals surface area (Å²) in [6, 6.07) is 4.65. The zero-order chi connectivity index (χ0) is 14.9. The number of carbonyl (C=O) groups is 1. The first-order chi connectivity index (χ1) is 9.29. The maximum atomic E-state index is 11.9. The molecule has 1 fully saturated rings. The van der Waals surface area contributed by atoms with Gasteiger partial charge in [-0.05, 0) is 24.6 Å². The van der Waals surface area contributed by atoms with Gasteiger partial charge in [0.25, 0.3) is 0 Å². The van der Waals surface area contributed by atoms with E-state index in [2.05, 4.69) is 0 Å². The molecule has 1 heterocycles. The Morgan fingerprint density at radius 2 is 1.95 bits per heavy atom. The van der Waals surface area contributed by atoms with E-state index in [1.807, 2.05) is 4.90 Å². The quantitative estimate of drug-likeness (QED) is 0.796. The van der Waals surface area contributed by atoms with E-state index in [-0.39, 0.29) is 17.3 Å². The Balaban J connectivity index is 2.31. The van der Waals surface area contributed by atoms with Crippen LogP contribution in [0.15, 0.2) is 23.1 Å². The summed E-state index contributed by atoms with van der Waals surface area (Å²) >= 11 is 0. The Labute approximate surface area is 119 Å². The SMILES string of the molecule is CN1CCCN(c2ccc(S(C)(=O)=O)cc2N)CC1=O. The molecule has 0 unspecified atom stereocenters. The van der Waals surface area contributed by atoms with Gasteiger partial charge in [0.05, 0.1) is 22.8 Å². The van der Waals surface area contributed by atoms with Crippen LogP contribution in [-0.4, -0.2) is 52.2 Å². The molecular weight excluding hydrogens is 278 g/mol. The Hall–Kier alpha value is -1.76. The number of likely N-dealkylation sites (N-methyl/N-ethyl adjacent to an activating group) is 1. The first-order valence-electron chi connectivity index (χ1n) is 6.37. The highest BCUT2D eigenvalue weighted by Crippen LogP contribution is 2.27. The van der Waals surface area contributed by atoms with Crippen LogP contribution in [0.25, 0.3) is 0 Å². The third-order valence-electron chi connectivity index (χ3n) is 3.44. The van der Waals surface area contributed by atoms with Crippen molar-refractivity contribution in [2.24, 2.45) is 0 Å². The summed E-state index contributed by atoms with van der Waals surface area (Å²) in [5, 5.41) is 0. The molecule has 6 nitrogen and oxygen atoms in total. The number of nitrogens with zero attached hydrogens (tertiary/aromatic N) is 2. The van der Waals surface area contributed by atoms with Gasteiger partial charge in [-0.25, -0.2) is 8.42 Å². The van der Waals surface area contributed by atoms with Gasteiger partial charge < -0.3 is 15.5 Å². The van der Waals surface area contributed by atoms with Crippen LogP contribution in [0, 0.1) is 0 Å². The lowest BCUT2D eigenvalue weighted by molar-refractivity contribution is -0.127.